The fourth-order valence-corrected chi connectivity index (χ4v) is 2.47. The van der Waals surface area contributed by atoms with E-state index in [4.69, 9.17) is 11.6 Å². The predicted molar refractivity (Wildman–Crippen MR) is 83.7 cm³/mol. The smallest absolute Gasteiger partial charge is 0.417 e. The summed E-state index contributed by atoms with van der Waals surface area (Å²) in [5.74, 6) is -0.275. The van der Waals surface area contributed by atoms with Crippen molar-refractivity contribution in [2.24, 2.45) is 0 Å². The number of halogens is 1. The van der Waals surface area contributed by atoms with Crippen molar-refractivity contribution in [3.05, 3.63) is 59.1 Å². The number of imide groups is 1. The molecule has 1 fully saturated rings. The van der Waals surface area contributed by atoms with E-state index in [1.165, 1.54) is 0 Å². The quantitative estimate of drug-likeness (QED) is 0.867. The first kappa shape index (κ1) is 14.6. The fourth-order valence-electron chi connectivity index (χ4n) is 2.34. The van der Waals surface area contributed by atoms with E-state index in [0.717, 1.165) is 21.6 Å². The third-order valence-corrected chi connectivity index (χ3v) is 3.85. The van der Waals surface area contributed by atoms with Crippen LogP contribution < -0.4 is 0 Å². The van der Waals surface area contributed by atoms with Gasteiger partial charge in [-0.05, 0) is 35.2 Å². The van der Waals surface area contributed by atoms with E-state index in [2.05, 4.69) is 4.74 Å². The van der Waals surface area contributed by atoms with Gasteiger partial charge in [0.25, 0.3) is 5.91 Å². The number of rotatable bonds is 4. The molecule has 4 nitrogen and oxygen atoms in total. The van der Waals surface area contributed by atoms with Crippen LogP contribution >= 0.6 is 11.6 Å². The summed E-state index contributed by atoms with van der Waals surface area (Å²) in [7, 11) is 0. The second-order valence-corrected chi connectivity index (χ2v) is 5.49. The van der Waals surface area contributed by atoms with Crippen LogP contribution in [0.2, 0.25) is 5.02 Å². The molecule has 5 heteroatoms. The van der Waals surface area contributed by atoms with Gasteiger partial charge in [0.1, 0.15) is 0 Å². The summed E-state index contributed by atoms with van der Waals surface area (Å²) in [5.41, 5.74) is 3.25. The number of nitrogens with zero attached hydrogens (tertiary/aromatic N) is 1. The van der Waals surface area contributed by atoms with Crippen molar-refractivity contribution in [1.29, 1.82) is 0 Å². The molecule has 112 valence electrons. The Bertz CT molecular complexity index is 679. The van der Waals surface area contributed by atoms with Gasteiger partial charge >= 0.3 is 6.09 Å². The number of ether oxygens (including phenoxy) is 1. The number of carbonyl (C=O) groups excluding carboxylic acids is 2. The second kappa shape index (κ2) is 6.20. The van der Waals surface area contributed by atoms with E-state index >= 15 is 0 Å². The van der Waals surface area contributed by atoms with E-state index in [9.17, 15) is 9.59 Å². The zero-order valence-electron chi connectivity index (χ0n) is 11.8. The number of hydrogen-bond acceptors (Lipinski definition) is 3. The van der Waals surface area contributed by atoms with E-state index < -0.39 is 6.09 Å². The Hall–Kier alpha value is -2.33. The molecule has 0 aliphatic carbocycles. The van der Waals surface area contributed by atoms with Gasteiger partial charge in [-0.2, -0.15) is 0 Å². The van der Waals surface area contributed by atoms with Gasteiger partial charge in [-0.15, -0.1) is 0 Å². The molecule has 2 aromatic carbocycles. The first-order valence-electron chi connectivity index (χ1n) is 6.95. The third-order valence-electron chi connectivity index (χ3n) is 3.60. The summed E-state index contributed by atoms with van der Waals surface area (Å²) in [5, 5.41) is 0.711. The topological polar surface area (TPSA) is 46.6 Å². The average molecular weight is 316 g/mol. The molecular formula is C17H14ClNO3. The Morgan fingerprint density at radius 3 is 2.09 bits per heavy atom. The Morgan fingerprint density at radius 2 is 1.55 bits per heavy atom. The second-order valence-electron chi connectivity index (χ2n) is 5.05. The molecule has 0 atom stereocenters. The summed E-state index contributed by atoms with van der Waals surface area (Å²) >= 11 is 5.88. The van der Waals surface area contributed by atoms with Crippen molar-refractivity contribution in [2.45, 2.75) is 6.42 Å². The van der Waals surface area contributed by atoms with Gasteiger partial charge in [-0.25, -0.2) is 9.69 Å². The molecule has 22 heavy (non-hydrogen) atoms. The Kier molecular flexibility index (Phi) is 4.11. The molecule has 1 aliphatic rings. The zero-order chi connectivity index (χ0) is 15.5. The fraction of sp³-hybridized carbons (Fsp3) is 0.176. The molecular weight excluding hydrogens is 302 g/mol. The Morgan fingerprint density at radius 1 is 0.955 bits per heavy atom. The molecule has 0 spiro atoms. The molecule has 0 N–H and O–H groups in total. The Labute approximate surface area is 133 Å². The van der Waals surface area contributed by atoms with Crippen LogP contribution in [0.1, 0.15) is 5.56 Å². The summed E-state index contributed by atoms with van der Waals surface area (Å²) in [4.78, 5) is 23.9. The molecule has 1 aliphatic heterocycles. The number of benzene rings is 2. The lowest BCUT2D eigenvalue weighted by Gasteiger charge is -2.11. The highest BCUT2D eigenvalue weighted by atomic mass is 35.5. The molecule has 0 aromatic heterocycles. The molecule has 3 rings (SSSR count). The van der Waals surface area contributed by atoms with Crippen molar-refractivity contribution in [3.8, 4) is 11.1 Å². The Balaban J connectivity index is 1.65. The monoisotopic (exact) mass is 315 g/mol. The van der Waals surface area contributed by atoms with Crippen molar-refractivity contribution >= 4 is 23.6 Å². The lowest BCUT2D eigenvalue weighted by molar-refractivity contribution is -0.125. The number of amides is 2. The highest BCUT2D eigenvalue weighted by Crippen LogP contribution is 2.22. The van der Waals surface area contributed by atoms with Crippen LogP contribution in [0.5, 0.6) is 0 Å². The molecule has 0 radical (unpaired) electrons. The first-order chi connectivity index (χ1) is 10.6. The van der Waals surface area contributed by atoms with Crippen LogP contribution in [-0.2, 0) is 16.0 Å². The molecule has 0 bridgehead atoms. The molecule has 0 saturated carbocycles. The summed E-state index contributed by atoms with van der Waals surface area (Å²) in [6.07, 6.45) is 0.0599. The lowest BCUT2D eigenvalue weighted by atomic mass is 10.0. The van der Waals surface area contributed by atoms with Crippen LogP contribution in [0.25, 0.3) is 11.1 Å². The normalized spacial score (nSPS) is 14.3. The largest absolute Gasteiger partial charge is 0.439 e. The molecule has 0 unspecified atom stereocenters. The maximum absolute atomic E-state index is 11.4. The summed E-state index contributed by atoms with van der Waals surface area (Å²) < 4.78 is 4.68. The molecule has 2 amide bonds. The van der Waals surface area contributed by atoms with Gasteiger partial charge < -0.3 is 4.74 Å². The van der Waals surface area contributed by atoms with Gasteiger partial charge in [0, 0.05) is 11.6 Å². The number of carbonyl (C=O) groups is 2. The van der Waals surface area contributed by atoms with Crippen LogP contribution in [0.4, 0.5) is 4.79 Å². The highest BCUT2D eigenvalue weighted by Gasteiger charge is 2.30. The van der Waals surface area contributed by atoms with Crippen molar-refractivity contribution < 1.29 is 14.3 Å². The van der Waals surface area contributed by atoms with Gasteiger partial charge in [0.15, 0.2) is 6.61 Å². The van der Waals surface area contributed by atoms with Gasteiger partial charge in [-0.3, -0.25) is 4.79 Å². The van der Waals surface area contributed by atoms with Gasteiger partial charge in [0.05, 0.1) is 0 Å². The SMILES string of the molecule is O=C1COC(=O)N1CCc1ccc(-c2ccc(Cl)cc2)cc1. The van der Waals surface area contributed by atoms with E-state index in [1.807, 2.05) is 48.5 Å². The maximum atomic E-state index is 11.4. The minimum Gasteiger partial charge on any atom is -0.439 e. The number of hydrogen-bond donors (Lipinski definition) is 0. The van der Waals surface area contributed by atoms with Crippen molar-refractivity contribution in [1.82, 2.24) is 4.90 Å². The van der Waals surface area contributed by atoms with E-state index in [1.54, 1.807) is 0 Å². The summed E-state index contributed by atoms with van der Waals surface area (Å²) in [6, 6.07) is 15.7. The average Bonchev–Trinajstić information content (AvgIpc) is 2.85. The predicted octanol–water partition coefficient (Wildman–Crippen LogP) is 3.53. The standard InChI is InChI=1S/C17H14ClNO3/c18-15-7-5-14(6-8-15)13-3-1-12(2-4-13)9-10-19-16(20)11-22-17(19)21/h1-8H,9-11H2. The maximum Gasteiger partial charge on any atom is 0.417 e. The highest BCUT2D eigenvalue weighted by molar-refractivity contribution is 6.30. The molecule has 1 heterocycles. The minimum atomic E-state index is -0.553. The first-order valence-corrected chi connectivity index (χ1v) is 7.33. The zero-order valence-corrected chi connectivity index (χ0v) is 12.5. The third kappa shape index (κ3) is 3.12. The van der Waals surface area contributed by atoms with Crippen LogP contribution in [-0.4, -0.2) is 30.1 Å². The summed E-state index contributed by atoms with van der Waals surface area (Å²) in [6.45, 7) is 0.201. The van der Waals surface area contributed by atoms with Gasteiger partial charge in [0.2, 0.25) is 0 Å². The van der Waals surface area contributed by atoms with E-state index in [-0.39, 0.29) is 12.5 Å². The van der Waals surface area contributed by atoms with Crippen LogP contribution in [0, 0.1) is 0 Å². The van der Waals surface area contributed by atoms with E-state index in [0.29, 0.717) is 18.0 Å². The molecule has 2 aromatic rings. The number of cyclic esters (lactones) is 1. The van der Waals surface area contributed by atoms with Crippen molar-refractivity contribution in [3.63, 3.8) is 0 Å². The minimum absolute atomic E-state index is 0.145. The lowest BCUT2D eigenvalue weighted by Crippen LogP contribution is -2.31. The van der Waals surface area contributed by atoms with Gasteiger partial charge in [-0.1, -0.05) is 48.0 Å². The van der Waals surface area contributed by atoms with Crippen LogP contribution in [0.15, 0.2) is 48.5 Å². The van der Waals surface area contributed by atoms with Crippen molar-refractivity contribution in [2.75, 3.05) is 13.2 Å². The molecule has 1 saturated heterocycles. The van der Waals surface area contributed by atoms with Crippen LogP contribution in [0.3, 0.4) is 0 Å².